The highest BCUT2D eigenvalue weighted by atomic mass is 15.1. The van der Waals surface area contributed by atoms with E-state index < -0.39 is 0 Å². The van der Waals surface area contributed by atoms with Crippen molar-refractivity contribution in [2.45, 2.75) is 34.1 Å². The third kappa shape index (κ3) is 3.73. The van der Waals surface area contributed by atoms with Crippen LogP contribution in [0.5, 0.6) is 0 Å². The molecule has 3 heteroatoms. The minimum absolute atomic E-state index is 0.716. The van der Waals surface area contributed by atoms with Crippen molar-refractivity contribution in [2.75, 3.05) is 11.9 Å². The minimum Gasteiger partial charge on any atom is -0.354 e. The maximum absolute atomic E-state index is 4.31. The first-order valence-corrected chi connectivity index (χ1v) is 5.14. The number of aryl methyl sites for hydroxylation is 2. The normalized spacial score (nSPS) is 10.6. The molecule has 0 radical (unpaired) electrons. The van der Waals surface area contributed by atoms with Gasteiger partial charge in [0.2, 0.25) is 5.95 Å². The fourth-order valence-corrected chi connectivity index (χ4v) is 1.28. The van der Waals surface area contributed by atoms with Crippen LogP contribution in [-0.2, 0) is 0 Å². The summed E-state index contributed by atoms with van der Waals surface area (Å²) < 4.78 is 0. The molecule has 0 amide bonds. The smallest absolute Gasteiger partial charge is 0.223 e. The molecule has 0 aromatic carbocycles. The van der Waals surface area contributed by atoms with Crippen LogP contribution in [-0.4, -0.2) is 16.5 Å². The number of hydrogen-bond acceptors (Lipinski definition) is 3. The quantitative estimate of drug-likeness (QED) is 0.798. The van der Waals surface area contributed by atoms with Crippen LogP contribution in [0.2, 0.25) is 0 Å². The molecule has 1 heterocycles. The first-order valence-electron chi connectivity index (χ1n) is 5.14. The second-order valence-corrected chi connectivity index (χ2v) is 4.08. The summed E-state index contributed by atoms with van der Waals surface area (Å²) in [6.45, 7) is 9.35. The molecule has 1 aromatic heterocycles. The highest BCUT2D eigenvalue weighted by Gasteiger charge is 1.99. The predicted octanol–water partition coefficient (Wildman–Crippen LogP) is 2.55. The molecule has 0 saturated heterocycles. The van der Waals surface area contributed by atoms with Crippen molar-refractivity contribution in [2.24, 2.45) is 5.92 Å². The third-order valence-corrected chi connectivity index (χ3v) is 1.99. The molecule has 78 valence electrons. The highest BCUT2D eigenvalue weighted by Crippen LogP contribution is 2.05. The molecule has 0 saturated carbocycles. The highest BCUT2D eigenvalue weighted by molar-refractivity contribution is 5.27. The van der Waals surface area contributed by atoms with Gasteiger partial charge in [-0.3, -0.25) is 0 Å². The molecule has 1 N–H and O–H groups in total. The average Bonchev–Trinajstić information content (AvgIpc) is 2.01. The minimum atomic E-state index is 0.716. The molecule has 1 aromatic rings. The van der Waals surface area contributed by atoms with Crippen LogP contribution >= 0.6 is 0 Å². The lowest BCUT2D eigenvalue weighted by Gasteiger charge is -2.07. The van der Waals surface area contributed by atoms with Gasteiger partial charge in [0.1, 0.15) is 0 Å². The van der Waals surface area contributed by atoms with Gasteiger partial charge in [-0.25, -0.2) is 9.97 Å². The molecule has 0 unspecified atom stereocenters. The van der Waals surface area contributed by atoms with E-state index in [2.05, 4.69) is 29.1 Å². The maximum Gasteiger partial charge on any atom is 0.223 e. The van der Waals surface area contributed by atoms with Gasteiger partial charge < -0.3 is 5.32 Å². The molecule has 0 atom stereocenters. The van der Waals surface area contributed by atoms with Crippen LogP contribution in [0, 0.1) is 19.8 Å². The van der Waals surface area contributed by atoms with Crippen molar-refractivity contribution in [1.29, 1.82) is 0 Å². The first-order chi connectivity index (χ1) is 6.58. The number of rotatable bonds is 4. The largest absolute Gasteiger partial charge is 0.354 e. The van der Waals surface area contributed by atoms with Gasteiger partial charge in [0.05, 0.1) is 0 Å². The Hall–Kier alpha value is -1.12. The summed E-state index contributed by atoms with van der Waals surface area (Å²) in [5, 5.41) is 3.24. The van der Waals surface area contributed by atoms with Gasteiger partial charge in [0, 0.05) is 17.9 Å². The van der Waals surface area contributed by atoms with E-state index >= 15 is 0 Å². The van der Waals surface area contributed by atoms with Crippen LogP contribution in [0.15, 0.2) is 6.07 Å². The van der Waals surface area contributed by atoms with Crippen molar-refractivity contribution in [3.63, 3.8) is 0 Å². The summed E-state index contributed by atoms with van der Waals surface area (Å²) in [6.07, 6.45) is 1.15. The molecule has 0 bridgehead atoms. The maximum atomic E-state index is 4.31. The number of nitrogens with zero attached hydrogens (tertiary/aromatic N) is 2. The summed E-state index contributed by atoms with van der Waals surface area (Å²) in [6, 6.07) is 1.98. The number of nitrogens with one attached hydrogen (secondary N) is 1. The summed E-state index contributed by atoms with van der Waals surface area (Å²) in [5.74, 6) is 1.47. The zero-order valence-corrected chi connectivity index (χ0v) is 9.46. The van der Waals surface area contributed by atoms with E-state index in [0.717, 1.165) is 30.3 Å². The van der Waals surface area contributed by atoms with E-state index in [4.69, 9.17) is 0 Å². The van der Waals surface area contributed by atoms with E-state index in [9.17, 15) is 0 Å². The Balaban J connectivity index is 2.50. The Morgan fingerprint density at radius 3 is 2.29 bits per heavy atom. The van der Waals surface area contributed by atoms with Crippen LogP contribution < -0.4 is 5.32 Å². The van der Waals surface area contributed by atoms with E-state index in [1.807, 2.05) is 19.9 Å². The van der Waals surface area contributed by atoms with Crippen molar-refractivity contribution >= 4 is 5.95 Å². The molecule has 1 rings (SSSR count). The van der Waals surface area contributed by atoms with E-state index in [1.165, 1.54) is 0 Å². The van der Waals surface area contributed by atoms with Crippen molar-refractivity contribution in [3.05, 3.63) is 17.5 Å². The predicted molar refractivity (Wildman–Crippen MR) is 59.5 cm³/mol. The lowest BCUT2D eigenvalue weighted by Crippen LogP contribution is -2.08. The van der Waals surface area contributed by atoms with Crippen LogP contribution in [0.4, 0.5) is 5.95 Å². The van der Waals surface area contributed by atoms with Crippen LogP contribution in [0.25, 0.3) is 0 Å². The second-order valence-electron chi connectivity index (χ2n) is 4.08. The Bertz CT molecular complexity index is 274. The van der Waals surface area contributed by atoms with Gasteiger partial charge in [0.25, 0.3) is 0 Å². The summed E-state index contributed by atoms with van der Waals surface area (Å²) in [7, 11) is 0. The fraction of sp³-hybridized carbons (Fsp3) is 0.636. The summed E-state index contributed by atoms with van der Waals surface area (Å²) in [4.78, 5) is 8.62. The molecule has 0 aliphatic heterocycles. The first kappa shape index (κ1) is 11.0. The number of hydrogen-bond donors (Lipinski definition) is 1. The lowest BCUT2D eigenvalue weighted by molar-refractivity contribution is 0.605. The molecule has 3 nitrogen and oxygen atoms in total. The summed E-state index contributed by atoms with van der Waals surface area (Å²) in [5.41, 5.74) is 2.04. The Morgan fingerprint density at radius 2 is 1.79 bits per heavy atom. The Kier molecular flexibility index (Phi) is 3.86. The zero-order valence-electron chi connectivity index (χ0n) is 9.46. The van der Waals surface area contributed by atoms with Crippen molar-refractivity contribution in [1.82, 2.24) is 9.97 Å². The molecule has 14 heavy (non-hydrogen) atoms. The zero-order chi connectivity index (χ0) is 10.6. The van der Waals surface area contributed by atoms with E-state index in [1.54, 1.807) is 0 Å². The monoisotopic (exact) mass is 193 g/mol. The van der Waals surface area contributed by atoms with Gasteiger partial charge in [-0.2, -0.15) is 0 Å². The Labute approximate surface area is 86.0 Å². The van der Waals surface area contributed by atoms with Crippen molar-refractivity contribution in [3.8, 4) is 0 Å². The average molecular weight is 193 g/mol. The van der Waals surface area contributed by atoms with E-state index in [0.29, 0.717) is 5.92 Å². The fourth-order valence-electron chi connectivity index (χ4n) is 1.28. The summed E-state index contributed by atoms with van der Waals surface area (Å²) >= 11 is 0. The number of anilines is 1. The van der Waals surface area contributed by atoms with Crippen molar-refractivity contribution < 1.29 is 0 Å². The second kappa shape index (κ2) is 4.94. The van der Waals surface area contributed by atoms with Crippen LogP contribution in [0.1, 0.15) is 31.7 Å². The topological polar surface area (TPSA) is 37.8 Å². The van der Waals surface area contributed by atoms with Gasteiger partial charge in [-0.05, 0) is 32.3 Å². The van der Waals surface area contributed by atoms with Crippen LogP contribution in [0.3, 0.4) is 0 Å². The SMILES string of the molecule is Cc1cc(C)nc(NCCC(C)C)n1. The molecular weight excluding hydrogens is 174 g/mol. The Morgan fingerprint density at radius 1 is 1.21 bits per heavy atom. The van der Waals surface area contributed by atoms with Gasteiger partial charge in [-0.15, -0.1) is 0 Å². The number of aromatic nitrogens is 2. The van der Waals surface area contributed by atoms with E-state index in [-0.39, 0.29) is 0 Å². The molecular formula is C11H19N3. The third-order valence-electron chi connectivity index (χ3n) is 1.99. The van der Waals surface area contributed by atoms with Gasteiger partial charge >= 0.3 is 0 Å². The molecule has 0 spiro atoms. The van der Waals surface area contributed by atoms with Gasteiger partial charge in [-0.1, -0.05) is 13.8 Å². The van der Waals surface area contributed by atoms with Gasteiger partial charge in [0.15, 0.2) is 0 Å². The molecule has 0 aliphatic carbocycles. The lowest BCUT2D eigenvalue weighted by atomic mass is 10.1. The standard InChI is InChI=1S/C11H19N3/c1-8(2)5-6-12-11-13-9(3)7-10(4)14-11/h7-8H,5-6H2,1-4H3,(H,12,13,14). The molecule has 0 fully saturated rings. The molecule has 0 aliphatic rings.